The van der Waals surface area contributed by atoms with E-state index in [4.69, 9.17) is 27.9 Å². The zero-order chi connectivity index (χ0) is 19.3. The number of thioether (sulfide) groups is 1. The summed E-state index contributed by atoms with van der Waals surface area (Å²) in [6, 6.07) is 8.75. The monoisotopic (exact) mass is 433 g/mol. The number of hydrogen-bond acceptors (Lipinski definition) is 4. The maximum Gasteiger partial charge on any atom is 0.240 e. The molecule has 4 nitrogen and oxygen atoms in total. The van der Waals surface area contributed by atoms with E-state index in [2.05, 4.69) is 4.72 Å². The second kappa shape index (κ2) is 9.33. The predicted octanol–water partition coefficient (Wildman–Crippen LogP) is 4.83. The topological polar surface area (TPSA) is 55.4 Å². The minimum atomic E-state index is -3.57. The largest absolute Gasteiger partial charge is 0.496 e. The van der Waals surface area contributed by atoms with E-state index in [-0.39, 0.29) is 4.90 Å². The van der Waals surface area contributed by atoms with Gasteiger partial charge in [0, 0.05) is 28.1 Å². The molecule has 142 valence electrons. The van der Waals surface area contributed by atoms with Crippen LogP contribution in [0.4, 0.5) is 0 Å². The normalized spacial score (nSPS) is 11.6. The number of benzene rings is 2. The number of aryl methyl sites for hydroxylation is 2. The lowest BCUT2D eigenvalue weighted by Gasteiger charge is -2.13. The Morgan fingerprint density at radius 1 is 1.12 bits per heavy atom. The Morgan fingerprint density at radius 2 is 1.77 bits per heavy atom. The number of methoxy groups -OCH3 is 1. The first kappa shape index (κ1) is 21.4. The Balaban J connectivity index is 1.94. The van der Waals surface area contributed by atoms with Crippen LogP contribution in [0.5, 0.6) is 5.75 Å². The maximum atomic E-state index is 12.5. The summed E-state index contributed by atoms with van der Waals surface area (Å²) in [5.74, 6) is 1.91. The molecule has 0 radical (unpaired) electrons. The highest BCUT2D eigenvalue weighted by molar-refractivity contribution is 7.98. The second-order valence-electron chi connectivity index (χ2n) is 5.74. The highest BCUT2D eigenvalue weighted by atomic mass is 35.5. The minimum absolute atomic E-state index is 0.273. The van der Waals surface area contributed by atoms with Gasteiger partial charge in [0.05, 0.1) is 12.0 Å². The van der Waals surface area contributed by atoms with Gasteiger partial charge in [-0.25, -0.2) is 13.1 Å². The smallest absolute Gasteiger partial charge is 0.240 e. The number of sulfonamides is 1. The molecule has 26 heavy (non-hydrogen) atoms. The summed E-state index contributed by atoms with van der Waals surface area (Å²) < 4.78 is 33.0. The molecule has 0 unspecified atom stereocenters. The number of hydrogen-bond donors (Lipinski definition) is 1. The van der Waals surface area contributed by atoms with Gasteiger partial charge in [-0.2, -0.15) is 11.8 Å². The zero-order valence-electron chi connectivity index (χ0n) is 14.8. The third-order valence-corrected chi connectivity index (χ3v) is 7.13. The molecule has 2 aromatic rings. The Bertz CT molecular complexity index is 866. The molecule has 0 spiro atoms. The van der Waals surface area contributed by atoms with Crippen molar-refractivity contribution in [1.82, 2.24) is 4.72 Å². The molecule has 0 saturated carbocycles. The summed E-state index contributed by atoms with van der Waals surface area (Å²) in [7, 11) is -2.00. The van der Waals surface area contributed by atoms with E-state index in [9.17, 15) is 8.42 Å². The Morgan fingerprint density at radius 3 is 2.38 bits per heavy atom. The average Bonchev–Trinajstić information content (AvgIpc) is 2.58. The average molecular weight is 434 g/mol. The van der Waals surface area contributed by atoms with Crippen LogP contribution >= 0.6 is 35.0 Å². The maximum absolute atomic E-state index is 12.5. The summed E-state index contributed by atoms with van der Waals surface area (Å²) in [4.78, 5) is 0.273. The van der Waals surface area contributed by atoms with Crippen LogP contribution in [0.15, 0.2) is 35.2 Å². The molecule has 0 heterocycles. The lowest BCUT2D eigenvalue weighted by atomic mass is 10.1. The van der Waals surface area contributed by atoms with E-state index in [1.165, 1.54) is 0 Å². The van der Waals surface area contributed by atoms with Crippen molar-refractivity contribution < 1.29 is 13.2 Å². The first-order valence-corrected chi connectivity index (χ1v) is 11.3. The van der Waals surface area contributed by atoms with Crippen LogP contribution in [0.3, 0.4) is 0 Å². The van der Waals surface area contributed by atoms with Gasteiger partial charge < -0.3 is 4.74 Å². The lowest BCUT2D eigenvalue weighted by Crippen LogP contribution is -2.26. The van der Waals surface area contributed by atoms with Gasteiger partial charge in [-0.3, -0.25) is 0 Å². The van der Waals surface area contributed by atoms with Crippen LogP contribution < -0.4 is 9.46 Å². The Kier molecular flexibility index (Phi) is 7.67. The molecule has 0 aromatic heterocycles. The van der Waals surface area contributed by atoms with Crippen LogP contribution in [-0.4, -0.2) is 27.8 Å². The van der Waals surface area contributed by atoms with E-state index in [1.54, 1.807) is 56.1 Å². The highest BCUT2D eigenvalue weighted by Crippen LogP contribution is 2.28. The second-order valence-corrected chi connectivity index (χ2v) is 9.39. The molecule has 0 aliphatic rings. The van der Waals surface area contributed by atoms with Crippen LogP contribution in [0.25, 0.3) is 0 Å². The fourth-order valence-electron chi connectivity index (χ4n) is 2.44. The molecule has 0 aliphatic carbocycles. The molecule has 2 rings (SSSR count). The van der Waals surface area contributed by atoms with Crippen LogP contribution in [0.2, 0.25) is 10.0 Å². The van der Waals surface area contributed by atoms with Crippen molar-refractivity contribution in [3.8, 4) is 5.75 Å². The van der Waals surface area contributed by atoms with Gasteiger partial charge in [-0.05, 0) is 54.8 Å². The summed E-state index contributed by atoms with van der Waals surface area (Å²) in [5, 5.41) is 1.24. The molecule has 0 atom stereocenters. The van der Waals surface area contributed by atoms with E-state index in [0.29, 0.717) is 39.4 Å². The fraction of sp³-hybridized carbons (Fsp3) is 0.333. The Labute approximate surface area is 169 Å². The van der Waals surface area contributed by atoms with E-state index < -0.39 is 10.0 Å². The van der Waals surface area contributed by atoms with Crippen molar-refractivity contribution in [2.75, 3.05) is 19.4 Å². The number of rotatable bonds is 8. The third kappa shape index (κ3) is 5.30. The van der Waals surface area contributed by atoms with E-state index in [0.717, 1.165) is 11.1 Å². The van der Waals surface area contributed by atoms with Crippen LogP contribution in [0.1, 0.15) is 16.7 Å². The lowest BCUT2D eigenvalue weighted by molar-refractivity contribution is 0.411. The van der Waals surface area contributed by atoms with Gasteiger partial charge >= 0.3 is 0 Å². The molecular weight excluding hydrogens is 413 g/mol. The van der Waals surface area contributed by atoms with Crippen LogP contribution in [0, 0.1) is 13.8 Å². The molecule has 0 aliphatic heterocycles. The van der Waals surface area contributed by atoms with Crippen molar-refractivity contribution in [2.24, 2.45) is 0 Å². The standard InChI is InChI=1S/C18H21Cl2NO3S2/c1-12-10-18(13(2)9-17(12)24-3)26(22,23)21-7-8-25-11-14-15(19)5-4-6-16(14)20/h4-6,9-10,21H,7-8,11H2,1-3H3. The van der Waals surface area contributed by atoms with Gasteiger partial charge in [0.2, 0.25) is 10.0 Å². The van der Waals surface area contributed by atoms with Crippen LogP contribution in [-0.2, 0) is 15.8 Å². The summed E-state index contributed by atoms with van der Waals surface area (Å²) in [5.41, 5.74) is 2.29. The van der Waals surface area contributed by atoms with Gasteiger partial charge in [0.25, 0.3) is 0 Å². The zero-order valence-corrected chi connectivity index (χ0v) is 18.0. The predicted molar refractivity (Wildman–Crippen MR) is 110 cm³/mol. The van der Waals surface area contributed by atoms with Crippen molar-refractivity contribution in [3.05, 3.63) is 57.1 Å². The fourth-order valence-corrected chi connectivity index (χ4v) is 5.51. The van der Waals surface area contributed by atoms with Crippen molar-refractivity contribution >= 4 is 45.0 Å². The van der Waals surface area contributed by atoms with Gasteiger partial charge in [-0.15, -0.1) is 0 Å². The summed E-state index contributed by atoms with van der Waals surface area (Å²) >= 11 is 13.8. The number of ether oxygens (including phenoxy) is 1. The highest BCUT2D eigenvalue weighted by Gasteiger charge is 2.18. The molecule has 0 saturated heterocycles. The summed E-state index contributed by atoms with van der Waals surface area (Å²) in [6.07, 6.45) is 0. The third-order valence-electron chi connectivity index (χ3n) is 3.83. The van der Waals surface area contributed by atoms with Crippen molar-refractivity contribution in [2.45, 2.75) is 24.5 Å². The van der Waals surface area contributed by atoms with Crippen molar-refractivity contribution in [1.29, 1.82) is 0 Å². The Hall–Kier alpha value is -0.920. The molecule has 0 fully saturated rings. The minimum Gasteiger partial charge on any atom is -0.496 e. The van der Waals surface area contributed by atoms with E-state index in [1.807, 2.05) is 6.92 Å². The molecule has 0 bridgehead atoms. The molecule has 1 N–H and O–H groups in total. The SMILES string of the molecule is COc1cc(C)c(S(=O)(=O)NCCSCc2c(Cl)cccc2Cl)cc1C. The molecule has 8 heteroatoms. The molecule has 0 amide bonds. The molecule has 2 aromatic carbocycles. The number of halogens is 2. The molecular formula is C18H21Cl2NO3S2. The quantitative estimate of drug-likeness (QED) is 0.605. The van der Waals surface area contributed by atoms with Gasteiger partial charge in [0.15, 0.2) is 0 Å². The van der Waals surface area contributed by atoms with Gasteiger partial charge in [0.1, 0.15) is 5.75 Å². The number of nitrogens with one attached hydrogen (secondary N) is 1. The van der Waals surface area contributed by atoms with Crippen molar-refractivity contribution in [3.63, 3.8) is 0 Å². The van der Waals surface area contributed by atoms with Gasteiger partial charge in [-0.1, -0.05) is 29.3 Å². The summed E-state index contributed by atoms with van der Waals surface area (Å²) in [6.45, 7) is 3.89. The first-order valence-electron chi connectivity index (χ1n) is 7.92. The first-order chi connectivity index (χ1) is 12.3. The van der Waals surface area contributed by atoms with E-state index >= 15 is 0 Å².